The van der Waals surface area contributed by atoms with Gasteiger partial charge in [0.15, 0.2) is 0 Å². The van der Waals surface area contributed by atoms with Crippen LogP contribution in [-0.4, -0.2) is 49.8 Å². The van der Waals surface area contributed by atoms with Gasteiger partial charge in [0.05, 0.1) is 37.2 Å². The first kappa shape index (κ1) is 15.6. The maximum Gasteiger partial charge on any atom is 0.257 e. The number of rotatable bonds is 4. The number of hydrogen-bond acceptors (Lipinski definition) is 4. The molecule has 122 valence electrons. The summed E-state index contributed by atoms with van der Waals surface area (Å²) in [5.41, 5.74) is 0.696. The molecule has 1 saturated heterocycles. The molecule has 3 atom stereocenters. The van der Waals surface area contributed by atoms with Crippen molar-refractivity contribution in [1.82, 2.24) is 4.90 Å². The molecule has 1 aromatic heterocycles. The molecule has 2 heterocycles. The third kappa shape index (κ3) is 2.79. The zero-order valence-corrected chi connectivity index (χ0v) is 13.4. The van der Waals surface area contributed by atoms with Gasteiger partial charge in [-0.05, 0) is 18.9 Å². The molecule has 0 aromatic carbocycles. The van der Waals surface area contributed by atoms with Crippen LogP contribution in [0.5, 0.6) is 0 Å². The maximum absolute atomic E-state index is 13.0. The quantitative estimate of drug-likeness (QED) is 0.857. The predicted molar refractivity (Wildman–Crippen MR) is 81.9 cm³/mol. The number of ether oxygens (including phenoxy) is 2. The second kappa shape index (κ2) is 6.84. The van der Waals surface area contributed by atoms with Gasteiger partial charge >= 0.3 is 0 Å². The number of furan rings is 1. The molecular weight excluding hydrogens is 282 g/mol. The SMILES string of the molecule is CCc1occc1C(=O)N1CCOCC1C1CCCC1OC. The van der Waals surface area contributed by atoms with Crippen LogP contribution in [0.25, 0.3) is 0 Å². The zero-order valence-electron chi connectivity index (χ0n) is 13.4. The van der Waals surface area contributed by atoms with Crippen molar-refractivity contribution in [3.8, 4) is 0 Å². The molecule has 3 rings (SSSR count). The third-order valence-corrected chi connectivity index (χ3v) is 5.02. The monoisotopic (exact) mass is 307 g/mol. The van der Waals surface area contributed by atoms with Crippen molar-refractivity contribution >= 4 is 5.91 Å². The molecule has 5 heteroatoms. The van der Waals surface area contributed by atoms with Gasteiger partial charge < -0.3 is 18.8 Å². The fourth-order valence-electron chi connectivity index (χ4n) is 3.88. The van der Waals surface area contributed by atoms with E-state index in [0.717, 1.165) is 31.4 Å². The topological polar surface area (TPSA) is 51.9 Å². The van der Waals surface area contributed by atoms with Crippen LogP contribution in [0.3, 0.4) is 0 Å². The molecule has 1 saturated carbocycles. The second-order valence-corrected chi connectivity index (χ2v) is 6.12. The predicted octanol–water partition coefficient (Wildman–Crippen LogP) is 2.50. The van der Waals surface area contributed by atoms with E-state index in [1.807, 2.05) is 11.8 Å². The molecule has 1 aliphatic heterocycles. The van der Waals surface area contributed by atoms with Crippen LogP contribution in [0.15, 0.2) is 16.7 Å². The summed E-state index contributed by atoms with van der Waals surface area (Å²) >= 11 is 0. The summed E-state index contributed by atoms with van der Waals surface area (Å²) in [5.74, 6) is 1.21. The van der Waals surface area contributed by atoms with Crippen LogP contribution in [0, 0.1) is 5.92 Å². The molecule has 0 bridgehead atoms. The Hall–Kier alpha value is -1.33. The summed E-state index contributed by atoms with van der Waals surface area (Å²) in [7, 11) is 1.77. The van der Waals surface area contributed by atoms with E-state index in [1.54, 1.807) is 19.4 Å². The fraction of sp³-hybridized carbons (Fsp3) is 0.706. The van der Waals surface area contributed by atoms with Gasteiger partial charge in [-0.25, -0.2) is 0 Å². The first-order chi connectivity index (χ1) is 10.8. The molecule has 1 aromatic rings. The summed E-state index contributed by atoms with van der Waals surface area (Å²) in [6.45, 7) is 3.86. The molecule has 2 aliphatic rings. The molecule has 0 radical (unpaired) electrons. The van der Waals surface area contributed by atoms with E-state index in [4.69, 9.17) is 13.9 Å². The molecule has 1 aliphatic carbocycles. The lowest BCUT2D eigenvalue weighted by Gasteiger charge is -2.40. The highest BCUT2D eigenvalue weighted by molar-refractivity contribution is 5.95. The summed E-state index contributed by atoms with van der Waals surface area (Å²) in [6, 6.07) is 1.89. The van der Waals surface area contributed by atoms with Crippen molar-refractivity contribution in [2.24, 2.45) is 5.92 Å². The van der Waals surface area contributed by atoms with E-state index in [9.17, 15) is 4.79 Å². The number of carbonyl (C=O) groups excluding carboxylic acids is 1. The molecule has 3 unspecified atom stereocenters. The fourth-order valence-corrected chi connectivity index (χ4v) is 3.88. The highest BCUT2D eigenvalue weighted by Gasteiger charge is 2.41. The maximum atomic E-state index is 13.0. The largest absolute Gasteiger partial charge is 0.469 e. The van der Waals surface area contributed by atoms with Crippen molar-refractivity contribution < 1.29 is 18.7 Å². The van der Waals surface area contributed by atoms with E-state index in [2.05, 4.69) is 0 Å². The number of methoxy groups -OCH3 is 1. The normalized spacial score (nSPS) is 29.0. The van der Waals surface area contributed by atoms with Crippen LogP contribution in [0.1, 0.15) is 42.3 Å². The average Bonchev–Trinajstić information content (AvgIpc) is 3.22. The van der Waals surface area contributed by atoms with E-state index in [0.29, 0.717) is 31.2 Å². The minimum Gasteiger partial charge on any atom is -0.469 e. The van der Waals surface area contributed by atoms with Crippen molar-refractivity contribution in [2.45, 2.75) is 44.8 Å². The molecule has 0 spiro atoms. The van der Waals surface area contributed by atoms with Gasteiger partial charge in [0.2, 0.25) is 0 Å². The molecule has 22 heavy (non-hydrogen) atoms. The van der Waals surface area contributed by atoms with E-state index >= 15 is 0 Å². The van der Waals surface area contributed by atoms with Gasteiger partial charge in [-0.15, -0.1) is 0 Å². The van der Waals surface area contributed by atoms with Crippen LogP contribution in [0.2, 0.25) is 0 Å². The average molecular weight is 307 g/mol. The van der Waals surface area contributed by atoms with Gasteiger partial charge in [-0.2, -0.15) is 0 Å². The summed E-state index contributed by atoms with van der Waals surface area (Å²) in [6.07, 6.45) is 5.90. The van der Waals surface area contributed by atoms with Crippen LogP contribution in [0.4, 0.5) is 0 Å². The van der Waals surface area contributed by atoms with Gasteiger partial charge in [0.1, 0.15) is 5.76 Å². The highest BCUT2D eigenvalue weighted by atomic mass is 16.5. The molecular formula is C17H25NO4. The smallest absolute Gasteiger partial charge is 0.257 e. The summed E-state index contributed by atoms with van der Waals surface area (Å²) in [4.78, 5) is 15.0. The van der Waals surface area contributed by atoms with Crippen molar-refractivity contribution in [3.63, 3.8) is 0 Å². The standard InChI is InChI=1S/C17H25NO4/c1-3-15-13(7-9-22-15)17(19)18-8-10-21-11-14(18)12-5-4-6-16(12)20-2/h7,9,12,14,16H,3-6,8,10-11H2,1-2H3. The highest BCUT2D eigenvalue weighted by Crippen LogP contribution is 2.34. The van der Waals surface area contributed by atoms with Crippen molar-refractivity contribution in [2.75, 3.05) is 26.9 Å². The van der Waals surface area contributed by atoms with Crippen molar-refractivity contribution in [3.05, 3.63) is 23.7 Å². The van der Waals surface area contributed by atoms with E-state index in [-0.39, 0.29) is 18.1 Å². The number of nitrogens with zero attached hydrogens (tertiary/aromatic N) is 1. The minimum atomic E-state index is 0.0700. The molecule has 2 fully saturated rings. The molecule has 5 nitrogen and oxygen atoms in total. The van der Waals surface area contributed by atoms with Gasteiger partial charge in [-0.3, -0.25) is 4.79 Å². The number of aryl methyl sites for hydroxylation is 1. The summed E-state index contributed by atoms with van der Waals surface area (Å²) in [5, 5.41) is 0. The Balaban J connectivity index is 1.82. The van der Waals surface area contributed by atoms with Gasteiger partial charge in [0, 0.05) is 26.0 Å². The van der Waals surface area contributed by atoms with Crippen molar-refractivity contribution in [1.29, 1.82) is 0 Å². The van der Waals surface area contributed by atoms with Gasteiger partial charge in [-0.1, -0.05) is 13.3 Å². The Morgan fingerprint density at radius 3 is 3.09 bits per heavy atom. The van der Waals surface area contributed by atoms with Crippen LogP contribution in [-0.2, 0) is 15.9 Å². The lowest BCUT2D eigenvalue weighted by molar-refractivity contribution is -0.0461. The summed E-state index contributed by atoms with van der Waals surface area (Å²) < 4.78 is 16.7. The number of hydrogen-bond donors (Lipinski definition) is 0. The minimum absolute atomic E-state index is 0.0700. The van der Waals surface area contributed by atoms with Crippen LogP contribution < -0.4 is 0 Å². The zero-order chi connectivity index (χ0) is 15.5. The second-order valence-electron chi connectivity index (χ2n) is 6.12. The lowest BCUT2D eigenvalue weighted by Crippen LogP contribution is -2.53. The van der Waals surface area contributed by atoms with Crippen LogP contribution >= 0.6 is 0 Å². The first-order valence-corrected chi connectivity index (χ1v) is 8.24. The number of amides is 1. The van der Waals surface area contributed by atoms with E-state index in [1.165, 1.54) is 0 Å². The Labute approximate surface area is 131 Å². The Morgan fingerprint density at radius 1 is 1.45 bits per heavy atom. The van der Waals surface area contributed by atoms with E-state index < -0.39 is 0 Å². The number of morpholine rings is 1. The first-order valence-electron chi connectivity index (χ1n) is 8.24. The molecule has 0 N–H and O–H groups in total. The molecule has 1 amide bonds. The Bertz CT molecular complexity index is 513. The Kier molecular flexibility index (Phi) is 4.84. The third-order valence-electron chi connectivity index (χ3n) is 5.02. The lowest BCUT2D eigenvalue weighted by atomic mass is 9.93. The van der Waals surface area contributed by atoms with Gasteiger partial charge in [0.25, 0.3) is 5.91 Å². The number of carbonyl (C=O) groups is 1. The Morgan fingerprint density at radius 2 is 2.32 bits per heavy atom.